The van der Waals surface area contributed by atoms with Gasteiger partial charge in [0.05, 0.1) is 12.2 Å². The van der Waals surface area contributed by atoms with E-state index in [1.165, 1.54) is 25.7 Å². The van der Waals surface area contributed by atoms with Crippen LogP contribution in [0.15, 0.2) is 24.3 Å². The minimum absolute atomic E-state index is 0.272. The molecule has 0 saturated heterocycles. The molecule has 0 aliphatic carbocycles. The van der Waals surface area contributed by atoms with E-state index in [4.69, 9.17) is 9.84 Å². The number of carboxylic acids is 1. The van der Waals surface area contributed by atoms with Crippen molar-refractivity contribution in [1.29, 1.82) is 0 Å². The SMILES string of the molecule is CCCCCCCOc1cccc(C(=O)O)c1. The Kier molecular flexibility index (Phi) is 6.15. The van der Waals surface area contributed by atoms with E-state index in [1.54, 1.807) is 24.3 Å². The van der Waals surface area contributed by atoms with Gasteiger partial charge >= 0.3 is 5.97 Å². The van der Waals surface area contributed by atoms with Gasteiger partial charge in [-0.2, -0.15) is 0 Å². The predicted molar refractivity (Wildman–Crippen MR) is 67.7 cm³/mol. The third-order valence-corrected chi connectivity index (χ3v) is 2.60. The van der Waals surface area contributed by atoms with Gasteiger partial charge in [-0.25, -0.2) is 4.79 Å². The van der Waals surface area contributed by atoms with Crippen molar-refractivity contribution in [3.05, 3.63) is 29.8 Å². The monoisotopic (exact) mass is 236 g/mol. The molecule has 3 nitrogen and oxygen atoms in total. The van der Waals surface area contributed by atoms with Crippen LogP contribution < -0.4 is 4.74 Å². The van der Waals surface area contributed by atoms with Crippen LogP contribution >= 0.6 is 0 Å². The summed E-state index contributed by atoms with van der Waals surface area (Å²) < 4.78 is 5.51. The maximum Gasteiger partial charge on any atom is 0.335 e. The van der Waals surface area contributed by atoms with Gasteiger partial charge in [-0.05, 0) is 24.6 Å². The van der Waals surface area contributed by atoms with Crippen LogP contribution in [0.1, 0.15) is 49.4 Å². The normalized spacial score (nSPS) is 10.2. The Hall–Kier alpha value is -1.51. The molecule has 0 saturated carbocycles. The molecule has 1 aromatic carbocycles. The van der Waals surface area contributed by atoms with Crippen LogP contribution in [-0.2, 0) is 0 Å². The molecule has 0 amide bonds. The Labute approximate surface area is 102 Å². The van der Waals surface area contributed by atoms with Crippen molar-refractivity contribution >= 4 is 5.97 Å². The lowest BCUT2D eigenvalue weighted by atomic mass is 10.2. The highest BCUT2D eigenvalue weighted by Crippen LogP contribution is 2.14. The highest BCUT2D eigenvalue weighted by molar-refractivity contribution is 5.87. The second kappa shape index (κ2) is 7.71. The summed E-state index contributed by atoms with van der Waals surface area (Å²) in [5.74, 6) is -0.279. The van der Waals surface area contributed by atoms with Gasteiger partial charge in [0.15, 0.2) is 0 Å². The van der Waals surface area contributed by atoms with E-state index in [2.05, 4.69) is 6.92 Å². The lowest BCUT2D eigenvalue weighted by molar-refractivity contribution is 0.0696. The topological polar surface area (TPSA) is 46.5 Å². The number of aromatic carboxylic acids is 1. The number of hydrogen-bond donors (Lipinski definition) is 1. The van der Waals surface area contributed by atoms with Crippen molar-refractivity contribution in [2.45, 2.75) is 39.0 Å². The number of carbonyl (C=O) groups is 1. The summed E-state index contributed by atoms with van der Waals surface area (Å²) in [7, 11) is 0. The molecular formula is C14H20O3. The van der Waals surface area contributed by atoms with Crippen LogP contribution in [0, 0.1) is 0 Å². The van der Waals surface area contributed by atoms with Crippen molar-refractivity contribution in [1.82, 2.24) is 0 Å². The fraction of sp³-hybridized carbons (Fsp3) is 0.500. The van der Waals surface area contributed by atoms with Crippen LogP contribution in [0.25, 0.3) is 0 Å². The quantitative estimate of drug-likeness (QED) is 0.699. The van der Waals surface area contributed by atoms with E-state index in [0.29, 0.717) is 12.4 Å². The number of benzene rings is 1. The van der Waals surface area contributed by atoms with Gasteiger partial charge in [0.2, 0.25) is 0 Å². The third-order valence-electron chi connectivity index (χ3n) is 2.60. The van der Waals surface area contributed by atoms with E-state index in [-0.39, 0.29) is 5.56 Å². The molecular weight excluding hydrogens is 216 g/mol. The van der Waals surface area contributed by atoms with Crippen molar-refractivity contribution in [3.8, 4) is 5.75 Å². The van der Waals surface area contributed by atoms with Gasteiger partial charge < -0.3 is 9.84 Å². The van der Waals surface area contributed by atoms with Crippen molar-refractivity contribution < 1.29 is 14.6 Å². The molecule has 0 unspecified atom stereocenters. The summed E-state index contributed by atoms with van der Waals surface area (Å²) in [5.41, 5.74) is 0.272. The fourth-order valence-electron chi connectivity index (χ4n) is 1.61. The van der Waals surface area contributed by atoms with Crippen molar-refractivity contribution in [2.24, 2.45) is 0 Å². The molecule has 0 radical (unpaired) electrons. The number of carboxylic acid groups (broad SMARTS) is 1. The van der Waals surface area contributed by atoms with Gasteiger partial charge in [0, 0.05) is 0 Å². The zero-order valence-corrected chi connectivity index (χ0v) is 10.3. The lowest BCUT2D eigenvalue weighted by Gasteiger charge is -2.06. The van der Waals surface area contributed by atoms with Crippen molar-refractivity contribution in [3.63, 3.8) is 0 Å². The standard InChI is InChI=1S/C14H20O3/c1-2-3-4-5-6-10-17-13-9-7-8-12(11-13)14(15)16/h7-9,11H,2-6,10H2,1H3,(H,15,16). The third kappa shape index (κ3) is 5.38. The Balaban J connectivity index is 2.27. The molecule has 0 aliphatic heterocycles. The first-order valence-corrected chi connectivity index (χ1v) is 6.20. The first-order chi connectivity index (χ1) is 8.24. The van der Waals surface area contributed by atoms with E-state index < -0.39 is 5.97 Å². The van der Waals surface area contributed by atoms with E-state index in [0.717, 1.165) is 6.42 Å². The van der Waals surface area contributed by atoms with Crippen LogP contribution in [0.4, 0.5) is 0 Å². The second-order valence-corrected chi connectivity index (χ2v) is 4.10. The molecule has 1 aromatic rings. The molecule has 0 spiro atoms. The summed E-state index contributed by atoms with van der Waals surface area (Å²) in [5, 5.41) is 8.82. The van der Waals surface area contributed by atoms with E-state index in [1.807, 2.05) is 0 Å². The van der Waals surface area contributed by atoms with Crippen LogP contribution in [-0.4, -0.2) is 17.7 Å². The number of ether oxygens (including phenoxy) is 1. The van der Waals surface area contributed by atoms with Gasteiger partial charge in [-0.1, -0.05) is 38.7 Å². The highest BCUT2D eigenvalue weighted by Gasteiger charge is 2.03. The molecule has 0 bridgehead atoms. The average Bonchev–Trinajstić information content (AvgIpc) is 2.34. The molecule has 0 atom stereocenters. The number of hydrogen-bond acceptors (Lipinski definition) is 2. The van der Waals surface area contributed by atoms with E-state index >= 15 is 0 Å². The molecule has 0 fully saturated rings. The molecule has 3 heteroatoms. The zero-order chi connectivity index (χ0) is 12.5. The zero-order valence-electron chi connectivity index (χ0n) is 10.3. The molecule has 17 heavy (non-hydrogen) atoms. The average molecular weight is 236 g/mol. The van der Waals surface area contributed by atoms with Gasteiger partial charge in [-0.3, -0.25) is 0 Å². The maximum absolute atomic E-state index is 10.7. The van der Waals surface area contributed by atoms with Gasteiger partial charge in [-0.15, -0.1) is 0 Å². The molecule has 0 aromatic heterocycles. The van der Waals surface area contributed by atoms with Gasteiger partial charge in [0.25, 0.3) is 0 Å². The summed E-state index contributed by atoms with van der Waals surface area (Å²) >= 11 is 0. The fourth-order valence-corrected chi connectivity index (χ4v) is 1.61. The lowest BCUT2D eigenvalue weighted by Crippen LogP contribution is -2.00. The summed E-state index contributed by atoms with van der Waals surface area (Å²) in [6.45, 7) is 2.85. The molecule has 94 valence electrons. The Morgan fingerprint density at radius 1 is 1.24 bits per heavy atom. The number of rotatable bonds is 8. The summed E-state index contributed by atoms with van der Waals surface area (Å²) in [4.78, 5) is 10.7. The summed E-state index contributed by atoms with van der Waals surface area (Å²) in [6, 6.07) is 6.62. The molecule has 1 rings (SSSR count). The Bertz CT molecular complexity index is 347. The van der Waals surface area contributed by atoms with E-state index in [9.17, 15) is 4.79 Å². The Morgan fingerprint density at radius 2 is 2.00 bits per heavy atom. The molecule has 1 N–H and O–H groups in total. The second-order valence-electron chi connectivity index (χ2n) is 4.10. The molecule has 0 heterocycles. The number of unbranched alkanes of at least 4 members (excludes halogenated alkanes) is 4. The smallest absolute Gasteiger partial charge is 0.335 e. The minimum atomic E-state index is -0.918. The van der Waals surface area contributed by atoms with Crippen molar-refractivity contribution in [2.75, 3.05) is 6.61 Å². The Morgan fingerprint density at radius 3 is 2.71 bits per heavy atom. The van der Waals surface area contributed by atoms with Crippen LogP contribution in [0.5, 0.6) is 5.75 Å². The largest absolute Gasteiger partial charge is 0.494 e. The predicted octanol–water partition coefficient (Wildman–Crippen LogP) is 3.73. The first kappa shape index (κ1) is 13.6. The van der Waals surface area contributed by atoms with Crippen LogP contribution in [0.3, 0.4) is 0 Å². The maximum atomic E-state index is 10.7. The summed E-state index contributed by atoms with van der Waals surface area (Å²) in [6.07, 6.45) is 5.95. The first-order valence-electron chi connectivity index (χ1n) is 6.20. The molecule has 0 aliphatic rings. The minimum Gasteiger partial charge on any atom is -0.494 e. The van der Waals surface area contributed by atoms with Gasteiger partial charge in [0.1, 0.15) is 5.75 Å². The van der Waals surface area contributed by atoms with Crippen LogP contribution in [0.2, 0.25) is 0 Å². The highest BCUT2D eigenvalue weighted by atomic mass is 16.5.